The molecule has 0 saturated heterocycles. The molecule has 16 heavy (non-hydrogen) atoms. The molecule has 0 unspecified atom stereocenters. The molecule has 0 saturated carbocycles. The van der Waals surface area contributed by atoms with Gasteiger partial charge in [0.1, 0.15) is 0 Å². The van der Waals surface area contributed by atoms with E-state index < -0.39 is 5.97 Å². The van der Waals surface area contributed by atoms with Crippen LogP contribution >= 0.6 is 0 Å². The van der Waals surface area contributed by atoms with E-state index in [4.69, 9.17) is 5.11 Å². The minimum Gasteiger partial charge on any atom is -0.478 e. The molecule has 0 spiro atoms. The number of nitrogens with zero attached hydrogens (tertiary/aromatic N) is 3. The number of aromatic carboxylic acids is 1. The Hall–Kier alpha value is -1.91. The lowest BCUT2D eigenvalue weighted by molar-refractivity contribution is 0.0698. The first-order chi connectivity index (χ1) is 7.41. The Balaban J connectivity index is 2.76. The van der Waals surface area contributed by atoms with Gasteiger partial charge in [-0.15, -0.1) is 0 Å². The fourth-order valence-corrected chi connectivity index (χ4v) is 1.65. The van der Waals surface area contributed by atoms with Crippen LogP contribution in [0, 0.1) is 0 Å². The topological polar surface area (TPSA) is 68.0 Å². The first-order valence-electron chi connectivity index (χ1n) is 4.97. The van der Waals surface area contributed by atoms with E-state index in [0.29, 0.717) is 5.39 Å². The Bertz CT molecular complexity index is 552. The number of fused-ring (bicyclic) bond motifs is 1. The molecule has 0 aromatic carbocycles. The molecule has 0 aliphatic rings. The highest BCUT2D eigenvalue weighted by atomic mass is 16.4. The molecule has 2 rings (SSSR count). The third kappa shape index (κ3) is 1.54. The molecule has 0 atom stereocenters. The highest BCUT2D eigenvalue weighted by molar-refractivity contribution is 6.01. The lowest BCUT2D eigenvalue weighted by Gasteiger charge is -2.20. The molecule has 0 amide bonds. The van der Waals surface area contributed by atoms with Crippen molar-refractivity contribution in [2.75, 3.05) is 0 Å². The molecule has 2 aromatic rings. The highest BCUT2D eigenvalue weighted by Crippen LogP contribution is 2.23. The van der Waals surface area contributed by atoms with Gasteiger partial charge in [0.2, 0.25) is 0 Å². The summed E-state index contributed by atoms with van der Waals surface area (Å²) in [6, 6.07) is 0. The van der Waals surface area contributed by atoms with E-state index in [1.807, 2.05) is 20.8 Å². The summed E-state index contributed by atoms with van der Waals surface area (Å²) < 4.78 is 1.78. The second-order valence-corrected chi connectivity index (χ2v) is 4.65. The SMILES string of the molecule is CC(C)(C)n1ncc2c(C(=O)O)cncc21. The van der Waals surface area contributed by atoms with Gasteiger partial charge in [0, 0.05) is 11.6 Å². The van der Waals surface area contributed by atoms with Crippen molar-refractivity contribution < 1.29 is 9.90 Å². The van der Waals surface area contributed by atoms with Crippen LogP contribution in [0.15, 0.2) is 18.6 Å². The fraction of sp³-hybridized carbons (Fsp3) is 0.364. The number of carboxylic acids is 1. The lowest BCUT2D eigenvalue weighted by atomic mass is 10.1. The van der Waals surface area contributed by atoms with Gasteiger partial charge in [-0.3, -0.25) is 9.67 Å². The zero-order valence-electron chi connectivity index (χ0n) is 9.43. The van der Waals surface area contributed by atoms with Crippen molar-refractivity contribution >= 4 is 16.9 Å². The molecule has 84 valence electrons. The van der Waals surface area contributed by atoms with Crippen LogP contribution in [-0.4, -0.2) is 25.8 Å². The lowest BCUT2D eigenvalue weighted by Crippen LogP contribution is -2.22. The fourth-order valence-electron chi connectivity index (χ4n) is 1.65. The molecule has 0 aliphatic heterocycles. The van der Waals surface area contributed by atoms with Gasteiger partial charge in [0.25, 0.3) is 0 Å². The van der Waals surface area contributed by atoms with Gasteiger partial charge in [-0.1, -0.05) is 0 Å². The van der Waals surface area contributed by atoms with E-state index in [9.17, 15) is 4.79 Å². The third-order valence-electron chi connectivity index (χ3n) is 2.36. The van der Waals surface area contributed by atoms with Crippen LogP contribution < -0.4 is 0 Å². The molecule has 0 fully saturated rings. The minimum atomic E-state index is -0.980. The monoisotopic (exact) mass is 219 g/mol. The summed E-state index contributed by atoms with van der Waals surface area (Å²) in [6.07, 6.45) is 4.56. The van der Waals surface area contributed by atoms with Gasteiger partial charge < -0.3 is 5.11 Å². The van der Waals surface area contributed by atoms with Crippen molar-refractivity contribution in [2.45, 2.75) is 26.3 Å². The van der Waals surface area contributed by atoms with Gasteiger partial charge in [-0.2, -0.15) is 5.10 Å². The average molecular weight is 219 g/mol. The van der Waals surface area contributed by atoms with Crippen LogP contribution in [0.2, 0.25) is 0 Å². The maximum atomic E-state index is 11.0. The predicted octanol–water partition coefficient (Wildman–Crippen LogP) is 1.88. The Morgan fingerprint density at radius 3 is 2.56 bits per heavy atom. The highest BCUT2D eigenvalue weighted by Gasteiger charge is 2.19. The number of hydrogen-bond donors (Lipinski definition) is 1. The molecule has 5 nitrogen and oxygen atoms in total. The standard InChI is InChI=1S/C11H13N3O2/c1-11(2,3)14-9-6-12-4-8(10(15)16)7(9)5-13-14/h4-6H,1-3H3,(H,15,16). The number of pyridine rings is 1. The summed E-state index contributed by atoms with van der Waals surface area (Å²) in [5.41, 5.74) is 0.737. The molecule has 1 N–H and O–H groups in total. The van der Waals surface area contributed by atoms with Crippen LogP contribution in [0.25, 0.3) is 10.9 Å². The second kappa shape index (κ2) is 3.30. The van der Waals surface area contributed by atoms with E-state index in [1.165, 1.54) is 6.20 Å². The zero-order chi connectivity index (χ0) is 11.9. The molecular formula is C11H13N3O2. The summed E-state index contributed by atoms with van der Waals surface area (Å²) in [5.74, 6) is -0.980. The van der Waals surface area contributed by atoms with Crippen LogP contribution in [0.3, 0.4) is 0 Å². The second-order valence-electron chi connectivity index (χ2n) is 4.65. The average Bonchev–Trinajstić information content (AvgIpc) is 2.59. The molecular weight excluding hydrogens is 206 g/mol. The third-order valence-corrected chi connectivity index (χ3v) is 2.36. The van der Waals surface area contributed by atoms with Gasteiger partial charge in [0.15, 0.2) is 0 Å². The van der Waals surface area contributed by atoms with E-state index in [2.05, 4.69) is 10.1 Å². The van der Waals surface area contributed by atoms with Crippen molar-refractivity contribution in [1.29, 1.82) is 0 Å². The maximum Gasteiger partial charge on any atom is 0.338 e. The van der Waals surface area contributed by atoms with Crippen LogP contribution in [0.1, 0.15) is 31.1 Å². The maximum absolute atomic E-state index is 11.0. The normalized spacial score (nSPS) is 11.9. The summed E-state index contributed by atoms with van der Waals surface area (Å²) in [7, 11) is 0. The predicted molar refractivity (Wildman–Crippen MR) is 59.5 cm³/mol. The quantitative estimate of drug-likeness (QED) is 0.795. The number of carboxylic acid groups (broad SMARTS) is 1. The van der Waals surface area contributed by atoms with E-state index in [1.54, 1.807) is 17.1 Å². The number of aromatic nitrogens is 3. The molecule has 2 heterocycles. The van der Waals surface area contributed by atoms with Crippen LogP contribution in [0.4, 0.5) is 0 Å². The van der Waals surface area contributed by atoms with Gasteiger partial charge in [0.05, 0.1) is 29.0 Å². The Labute approximate surface area is 92.7 Å². The zero-order valence-corrected chi connectivity index (χ0v) is 9.43. The van der Waals surface area contributed by atoms with Gasteiger partial charge >= 0.3 is 5.97 Å². The van der Waals surface area contributed by atoms with Crippen molar-refractivity contribution in [3.8, 4) is 0 Å². The minimum absolute atomic E-state index is 0.188. The number of carbonyl (C=O) groups is 1. The molecule has 5 heteroatoms. The van der Waals surface area contributed by atoms with E-state index in [0.717, 1.165) is 5.52 Å². The Morgan fingerprint density at radius 1 is 1.31 bits per heavy atom. The first kappa shape index (κ1) is 10.6. The molecule has 2 aromatic heterocycles. The summed E-state index contributed by atoms with van der Waals surface area (Å²) >= 11 is 0. The van der Waals surface area contributed by atoms with Crippen molar-refractivity contribution in [3.05, 3.63) is 24.2 Å². The van der Waals surface area contributed by atoms with E-state index >= 15 is 0 Å². The number of rotatable bonds is 1. The van der Waals surface area contributed by atoms with Gasteiger partial charge in [-0.25, -0.2) is 4.79 Å². The van der Waals surface area contributed by atoms with E-state index in [-0.39, 0.29) is 11.1 Å². The summed E-state index contributed by atoms with van der Waals surface area (Å²) in [6.45, 7) is 6.02. The summed E-state index contributed by atoms with van der Waals surface area (Å²) in [4.78, 5) is 14.9. The van der Waals surface area contributed by atoms with Gasteiger partial charge in [-0.05, 0) is 20.8 Å². The first-order valence-corrected chi connectivity index (χ1v) is 4.97. The van der Waals surface area contributed by atoms with Crippen molar-refractivity contribution in [1.82, 2.24) is 14.8 Å². The smallest absolute Gasteiger partial charge is 0.338 e. The van der Waals surface area contributed by atoms with Crippen LogP contribution in [0.5, 0.6) is 0 Å². The van der Waals surface area contributed by atoms with Crippen molar-refractivity contribution in [2.24, 2.45) is 0 Å². The van der Waals surface area contributed by atoms with Crippen LogP contribution in [-0.2, 0) is 5.54 Å². The van der Waals surface area contributed by atoms with Crippen molar-refractivity contribution in [3.63, 3.8) is 0 Å². The molecule has 0 bridgehead atoms. The Kier molecular flexibility index (Phi) is 2.18. The number of hydrogen-bond acceptors (Lipinski definition) is 3. The largest absolute Gasteiger partial charge is 0.478 e. The molecule has 0 radical (unpaired) electrons. The molecule has 0 aliphatic carbocycles. The summed E-state index contributed by atoms with van der Waals surface area (Å²) in [5, 5.41) is 13.9. The Morgan fingerprint density at radius 2 is 2.00 bits per heavy atom.